The smallest absolute Gasteiger partial charge is 0.264 e. The third kappa shape index (κ3) is 4.97. The van der Waals surface area contributed by atoms with Gasteiger partial charge in [-0.1, -0.05) is 35.9 Å². The van der Waals surface area contributed by atoms with Gasteiger partial charge in [0.05, 0.1) is 16.6 Å². The van der Waals surface area contributed by atoms with Crippen molar-refractivity contribution in [1.29, 1.82) is 0 Å². The SMILES string of the molecule is Cc1ccc(S(=O)(=O)N(C)c2ccc(C(=O)N[C@@H](C)c3ccc(C)c(C)c3)cc2)cc1. The highest BCUT2D eigenvalue weighted by molar-refractivity contribution is 7.92. The maximum atomic E-state index is 12.9. The van der Waals surface area contributed by atoms with E-state index in [1.165, 1.54) is 22.5 Å². The third-order valence-corrected chi connectivity index (χ3v) is 7.35. The van der Waals surface area contributed by atoms with Gasteiger partial charge in [-0.3, -0.25) is 9.10 Å². The van der Waals surface area contributed by atoms with Crippen molar-refractivity contribution in [1.82, 2.24) is 5.32 Å². The molecule has 3 aromatic carbocycles. The maximum absolute atomic E-state index is 12.9. The molecule has 0 aromatic heterocycles. The Hall–Kier alpha value is -3.12. The molecule has 0 bridgehead atoms. The second-order valence-corrected chi connectivity index (χ2v) is 9.84. The second kappa shape index (κ2) is 8.94. The predicted octanol–water partition coefficient (Wildman–Crippen LogP) is 4.93. The van der Waals surface area contributed by atoms with Crippen LogP contribution >= 0.6 is 0 Å². The van der Waals surface area contributed by atoms with Gasteiger partial charge in [-0.2, -0.15) is 0 Å². The van der Waals surface area contributed by atoms with Gasteiger partial charge in [0.2, 0.25) is 0 Å². The van der Waals surface area contributed by atoms with Crippen LogP contribution in [0.25, 0.3) is 0 Å². The first-order valence-corrected chi connectivity index (χ1v) is 11.6. The number of rotatable bonds is 6. The molecule has 0 heterocycles. The van der Waals surface area contributed by atoms with Crippen molar-refractivity contribution < 1.29 is 13.2 Å². The van der Waals surface area contributed by atoms with Crippen molar-refractivity contribution in [3.05, 3.63) is 94.5 Å². The highest BCUT2D eigenvalue weighted by Crippen LogP contribution is 2.23. The zero-order valence-electron chi connectivity index (χ0n) is 18.5. The molecule has 0 fully saturated rings. The van der Waals surface area contributed by atoms with Crippen molar-refractivity contribution in [2.45, 2.75) is 38.6 Å². The van der Waals surface area contributed by atoms with Gasteiger partial charge in [0.1, 0.15) is 0 Å². The Labute approximate surface area is 184 Å². The summed E-state index contributed by atoms with van der Waals surface area (Å²) >= 11 is 0. The van der Waals surface area contributed by atoms with E-state index in [2.05, 4.69) is 18.3 Å². The Morgan fingerprint density at radius 3 is 2.06 bits per heavy atom. The summed E-state index contributed by atoms with van der Waals surface area (Å²) in [4.78, 5) is 12.9. The molecule has 1 amide bonds. The van der Waals surface area contributed by atoms with Crippen molar-refractivity contribution in [2.24, 2.45) is 0 Å². The van der Waals surface area contributed by atoms with Crippen molar-refractivity contribution in [3.8, 4) is 0 Å². The summed E-state index contributed by atoms with van der Waals surface area (Å²) in [6.07, 6.45) is 0. The minimum Gasteiger partial charge on any atom is -0.346 e. The molecular formula is C25H28N2O3S. The summed E-state index contributed by atoms with van der Waals surface area (Å²) in [5, 5.41) is 3.00. The van der Waals surface area contributed by atoms with Crippen LogP contribution in [-0.2, 0) is 10.0 Å². The average Bonchev–Trinajstić information content (AvgIpc) is 2.75. The number of amides is 1. The number of carbonyl (C=O) groups excluding carboxylic acids is 1. The first kappa shape index (κ1) is 22.6. The fourth-order valence-electron chi connectivity index (χ4n) is 3.23. The van der Waals surface area contributed by atoms with Gasteiger partial charge in [0.25, 0.3) is 15.9 Å². The quantitative estimate of drug-likeness (QED) is 0.596. The van der Waals surface area contributed by atoms with Gasteiger partial charge in [-0.15, -0.1) is 0 Å². The lowest BCUT2D eigenvalue weighted by molar-refractivity contribution is 0.0940. The molecule has 6 heteroatoms. The number of carbonyl (C=O) groups is 1. The van der Waals surface area contributed by atoms with Crippen molar-refractivity contribution in [3.63, 3.8) is 0 Å². The molecule has 0 unspecified atom stereocenters. The zero-order valence-corrected chi connectivity index (χ0v) is 19.3. The third-order valence-electron chi connectivity index (χ3n) is 5.55. The molecule has 0 saturated heterocycles. The molecular weight excluding hydrogens is 408 g/mol. The van der Waals surface area contributed by atoms with Gasteiger partial charge in [-0.25, -0.2) is 8.42 Å². The highest BCUT2D eigenvalue weighted by Gasteiger charge is 2.21. The lowest BCUT2D eigenvalue weighted by Crippen LogP contribution is -2.28. The van der Waals surface area contributed by atoms with E-state index < -0.39 is 10.0 Å². The largest absolute Gasteiger partial charge is 0.346 e. The summed E-state index contributed by atoms with van der Waals surface area (Å²) in [6, 6.07) is 19.3. The van der Waals surface area contributed by atoms with E-state index in [0.29, 0.717) is 11.3 Å². The summed E-state index contributed by atoms with van der Waals surface area (Å²) in [7, 11) is -2.17. The summed E-state index contributed by atoms with van der Waals surface area (Å²) in [6.45, 7) is 7.95. The molecule has 1 N–H and O–H groups in total. The van der Waals surface area contributed by atoms with Crippen LogP contribution < -0.4 is 9.62 Å². The lowest BCUT2D eigenvalue weighted by atomic mass is 10.0. The second-order valence-electron chi connectivity index (χ2n) is 7.87. The number of anilines is 1. The van der Waals surface area contributed by atoms with E-state index in [1.54, 1.807) is 48.5 Å². The minimum absolute atomic E-state index is 0.143. The Morgan fingerprint density at radius 1 is 0.871 bits per heavy atom. The maximum Gasteiger partial charge on any atom is 0.264 e. The van der Waals surface area contributed by atoms with Crippen molar-refractivity contribution >= 4 is 21.6 Å². The normalized spacial score (nSPS) is 12.3. The van der Waals surface area contributed by atoms with E-state index in [4.69, 9.17) is 0 Å². The number of hydrogen-bond acceptors (Lipinski definition) is 3. The number of nitrogens with one attached hydrogen (secondary N) is 1. The molecule has 0 aliphatic heterocycles. The molecule has 0 radical (unpaired) electrons. The van der Waals surface area contributed by atoms with E-state index in [-0.39, 0.29) is 16.8 Å². The molecule has 5 nitrogen and oxygen atoms in total. The molecule has 0 aliphatic carbocycles. The van der Waals surface area contributed by atoms with Gasteiger partial charge in [0, 0.05) is 12.6 Å². The van der Waals surface area contributed by atoms with Crippen LogP contribution in [0.2, 0.25) is 0 Å². The fourth-order valence-corrected chi connectivity index (χ4v) is 4.42. The molecule has 1 atom stereocenters. The number of aryl methyl sites for hydroxylation is 3. The Kier molecular flexibility index (Phi) is 6.51. The van der Waals surface area contributed by atoms with Crippen molar-refractivity contribution in [2.75, 3.05) is 11.4 Å². The van der Waals surface area contributed by atoms with Crippen LogP contribution in [0.15, 0.2) is 71.6 Å². The van der Waals surface area contributed by atoms with Crippen LogP contribution in [0.4, 0.5) is 5.69 Å². The Balaban J connectivity index is 1.73. The van der Waals surface area contributed by atoms with Crippen LogP contribution in [-0.4, -0.2) is 21.4 Å². The number of benzene rings is 3. The Morgan fingerprint density at radius 2 is 1.48 bits per heavy atom. The number of sulfonamides is 1. The van der Waals surface area contributed by atoms with Crippen LogP contribution in [0.3, 0.4) is 0 Å². The molecule has 3 aromatic rings. The van der Waals surface area contributed by atoms with Crippen LogP contribution in [0.1, 0.15) is 45.6 Å². The number of hydrogen-bond donors (Lipinski definition) is 1. The van der Waals surface area contributed by atoms with E-state index in [1.807, 2.05) is 32.9 Å². The van der Waals surface area contributed by atoms with Crippen LogP contribution in [0, 0.1) is 20.8 Å². The van der Waals surface area contributed by atoms with Gasteiger partial charge < -0.3 is 5.32 Å². The average molecular weight is 437 g/mol. The van der Waals surface area contributed by atoms with Crippen LogP contribution in [0.5, 0.6) is 0 Å². The van der Waals surface area contributed by atoms with Gasteiger partial charge in [-0.05, 0) is 80.8 Å². The summed E-state index contributed by atoms with van der Waals surface area (Å²) in [5.41, 5.74) is 5.38. The number of nitrogens with zero attached hydrogens (tertiary/aromatic N) is 1. The molecule has 3 rings (SSSR count). The van der Waals surface area contributed by atoms with E-state index in [0.717, 1.165) is 11.1 Å². The minimum atomic E-state index is -3.67. The van der Waals surface area contributed by atoms with E-state index in [9.17, 15) is 13.2 Å². The molecule has 0 spiro atoms. The first-order valence-electron chi connectivity index (χ1n) is 10.1. The van der Waals surface area contributed by atoms with Gasteiger partial charge in [0.15, 0.2) is 0 Å². The molecule has 162 valence electrons. The summed E-state index contributed by atoms with van der Waals surface area (Å²) < 4.78 is 26.9. The molecule has 0 saturated carbocycles. The molecule has 31 heavy (non-hydrogen) atoms. The zero-order chi connectivity index (χ0) is 22.8. The predicted molar refractivity (Wildman–Crippen MR) is 125 cm³/mol. The monoisotopic (exact) mass is 436 g/mol. The van der Waals surface area contributed by atoms with E-state index >= 15 is 0 Å². The summed E-state index contributed by atoms with van der Waals surface area (Å²) in [5.74, 6) is -0.207. The topological polar surface area (TPSA) is 66.5 Å². The lowest BCUT2D eigenvalue weighted by Gasteiger charge is -2.20. The Bertz CT molecular complexity index is 1180. The standard InChI is InChI=1S/C25H28N2O3S/c1-17-6-14-24(15-7-17)31(29,30)27(5)23-12-10-21(11-13-23)25(28)26-20(4)22-9-8-18(2)19(3)16-22/h6-16,20H,1-5H3,(H,26,28)/t20-/m0/s1. The van der Waals surface area contributed by atoms with Gasteiger partial charge >= 0.3 is 0 Å². The first-order chi connectivity index (χ1) is 14.6. The molecule has 0 aliphatic rings. The highest BCUT2D eigenvalue weighted by atomic mass is 32.2. The fraction of sp³-hybridized carbons (Fsp3) is 0.240.